The summed E-state index contributed by atoms with van der Waals surface area (Å²) in [5, 5.41) is 0. The van der Waals surface area contributed by atoms with Gasteiger partial charge in [0.25, 0.3) is 0 Å². The molecule has 1 aliphatic rings. The van der Waals surface area contributed by atoms with Gasteiger partial charge in [0.2, 0.25) is 0 Å². The smallest absolute Gasteiger partial charge is 0.137 e. The zero-order valence-corrected chi connectivity index (χ0v) is 11.1. The molecule has 18 heavy (non-hydrogen) atoms. The second kappa shape index (κ2) is 4.58. The normalized spacial score (nSPS) is 15.6. The molecule has 0 bridgehead atoms. The molecule has 0 fully saturated rings. The molecule has 0 atom stereocenters. The van der Waals surface area contributed by atoms with Gasteiger partial charge in [-0.15, -0.1) is 0 Å². The summed E-state index contributed by atoms with van der Waals surface area (Å²) in [6, 6.07) is 13.0. The summed E-state index contributed by atoms with van der Waals surface area (Å²) in [5.74, 6) is 0.578. The predicted molar refractivity (Wildman–Crippen MR) is 73.2 cm³/mol. The van der Waals surface area contributed by atoms with Crippen molar-refractivity contribution >= 4 is 27.8 Å². The van der Waals surface area contributed by atoms with Crippen LogP contribution in [-0.4, -0.2) is 0 Å². The molecule has 0 N–H and O–H groups in total. The molecule has 3 heteroatoms. The van der Waals surface area contributed by atoms with Crippen LogP contribution in [0.2, 0.25) is 0 Å². The van der Waals surface area contributed by atoms with E-state index in [4.69, 9.17) is 4.74 Å². The van der Waals surface area contributed by atoms with Gasteiger partial charge in [-0.05, 0) is 39.7 Å². The Kier molecular flexibility index (Phi) is 2.92. The maximum atomic E-state index is 13.2. The summed E-state index contributed by atoms with van der Waals surface area (Å²) < 4.78 is 19.3. The topological polar surface area (TPSA) is 9.23 Å². The van der Waals surface area contributed by atoms with Gasteiger partial charge in [0, 0.05) is 11.1 Å². The molecule has 2 aromatic carbocycles. The van der Waals surface area contributed by atoms with Gasteiger partial charge in [-0.1, -0.05) is 30.3 Å². The Hall–Kier alpha value is -1.61. The lowest BCUT2D eigenvalue weighted by atomic mass is 10.1. The molecule has 0 aromatic heterocycles. The summed E-state index contributed by atoms with van der Waals surface area (Å²) in [6.07, 6.45) is 1.93. The van der Waals surface area contributed by atoms with Crippen LogP contribution < -0.4 is 0 Å². The largest absolute Gasteiger partial charge is 0.488 e. The summed E-state index contributed by atoms with van der Waals surface area (Å²) in [4.78, 5) is 0. The van der Waals surface area contributed by atoms with Gasteiger partial charge in [0.05, 0.1) is 4.47 Å². The highest BCUT2D eigenvalue weighted by atomic mass is 79.9. The molecule has 0 saturated heterocycles. The molecule has 90 valence electrons. The highest BCUT2D eigenvalue weighted by Gasteiger charge is 2.16. The van der Waals surface area contributed by atoms with Gasteiger partial charge < -0.3 is 4.74 Å². The molecule has 0 unspecified atom stereocenters. The molecule has 0 aliphatic carbocycles. The van der Waals surface area contributed by atoms with E-state index in [1.165, 1.54) is 11.6 Å². The quantitative estimate of drug-likeness (QED) is 0.747. The average Bonchev–Trinajstić information content (AvgIpc) is 2.78. The first kappa shape index (κ1) is 11.5. The van der Waals surface area contributed by atoms with Crippen molar-refractivity contribution in [3.8, 4) is 0 Å². The minimum absolute atomic E-state index is 0.259. The Morgan fingerprint density at radius 3 is 2.83 bits per heavy atom. The molecule has 1 aliphatic heterocycles. The number of hydrogen-bond acceptors (Lipinski definition) is 1. The monoisotopic (exact) mass is 304 g/mol. The van der Waals surface area contributed by atoms with Crippen LogP contribution in [0.5, 0.6) is 0 Å². The van der Waals surface area contributed by atoms with E-state index >= 15 is 0 Å². The molecule has 1 nitrogen and oxygen atoms in total. The molecule has 0 radical (unpaired) electrons. The Balaban J connectivity index is 2.01. The highest BCUT2D eigenvalue weighted by molar-refractivity contribution is 9.10. The number of ether oxygens (including phenoxy) is 1. The van der Waals surface area contributed by atoms with Crippen molar-refractivity contribution in [2.24, 2.45) is 0 Å². The number of halogens is 2. The molecule has 0 spiro atoms. The van der Waals surface area contributed by atoms with Gasteiger partial charge in [0.15, 0.2) is 0 Å². The van der Waals surface area contributed by atoms with Gasteiger partial charge in [-0.25, -0.2) is 4.39 Å². The van der Waals surface area contributed by atoms with Crippen LogP contribution in [0.25, 0.3) is 11.8 Å². The standard InChI is InChI=1S/C15H10BrFO/c16-13-7-10(5-6-14(13)17)8-15-12-4-2-1-3-11(12)9-18-15/h1-8H,9H2/b15-8-. The Labute approximate surface area is 113 Å². The number of fused-ring (bicyclic) bond motifs is 1. The second-order valence-corrected chi connectivity index (χ2v) is 4.98. The molecular formula is C15H10BrFO. The third-order valence-electron chi connectivity index (χ3n) is 2.91. The predicted octanol–water partition coefficient (Wildman–Crippen LogP) is 4.62. The fourth-order valence-electron chi connectivity index (χ4n) is 1.99. The van der Waals surface area contributed by atoms with Crippen LogP contribution in [0, 0.1) is 5.82 Å². The van der Waals surface area contributed by atoms with Crippen LogP contribution >= 0.6 is 15.9 Å². The lowest BCUT2D eigenvalue weighted by molar-refractivity contribution is 0.287. The van der Waals surface area contributed by atoms with E-state index in [0.717, 1.165) is 16.9 Å². The van der Waals surface area contributed by atoms with Crippen LogP contribution in [0.4, 0.5) is 4.39 Å². The van der Waals surface area contributed by atoms with Crippen molar-refractivity contribution in [3.63, 3.8) is 0 Å². The first-order valence-corrected chi connectivity index (χ1v) is 6.41. The van der Waals surface area contributed by atoms with E-state index in [1.807, 2.05) is 24.3 Å². The van der Waals surface area contributed by atoms with Crippen molar-refractivity contribution in [3.05, 3.63) is 69.4 Å². The van der Waals surface area contributed by atoms with E-state index in [1.54, 1.807) is 12.1 Å². The molecule has 0 saturated carbocycles. The van der Waals surface area contributed by atoms with Gasteiger partial charge in [-0.3, -0.25) is 0 Å². The van der Waals surface area contributed by atoms with Crippen LogP contribution in [0.15, 0.2) is 46.9 Å². The SMILES string of the molecule is Fc1ccc(/C=C2\OCc3ccccc32)cc1Br. The van der Waals surface area contributed by atoms with E-state index in [0.29, 0.717) is 11.1 Å². The van der Waals surface area contributed by atoms with Crippen LogP contribution in [0.3, 0.4) is 0 Å². The summed E-state index contributed by atoms with van der Waals surface area (Å²) in [6.45, 7) is 0.602. The minimum Gasteiger partial charge on any atom is -0.488 e. The fourth-order valence-corrected chi connectivity index (χ4v) is 2.39. The third-order valence-corrected chi connectivity index (χ3v) is 3.52. The van der Waals surface area contributed by atoms with Crippen molar-refractivity contribution in [2.45, 2.75) is 6.61 Å². The van der Waals surface area contributed by atoms with E-state index in [-0.39, 0.29) is 5.82 Å². The van der Waals surface area contributed by atoms with Gasteiger partial charge in [-0.2, -0.15) is 0 Å². The van der Waals surface area contributed by atoms with Crippen molar-refractivity contribution in [1.82, 2.24) is 0 Å². The first-order chi connectivity index (χ1) is 8.74. The van der Waals surface area contributed by atoms with Gasteiger partial charge in [0.1, 0.15) is 18.2 Å². The zero-order chi connectivity index (χ0) is 12.5. The average molecular weight is 305 g/mol. The van der Waals surface area contributed by atoms with Crippen LogP contribution in [0.1, 0.15) is 16.7 Å². The maximum Gasteiger partial charge on any atom is 0.137 e. The van der Waals surface area contributed by atoms with E-state index in [2.05, 4.69) is 22.0 Å². The Morgan fingerprint density at radius 2 is 2.00 bits per heavy atom. The second-order valence-electron chi connectivity index (χ2n) is 4.13. The lowest BCUT2D eigenvalue weighted by Gasteiger charge is -2.01. The van der Waals surface area contributed by atoms with E-state index in [9.17, 15) is 4.39 Å². The zero-order valence-electron chi connectivity index (χ0n) is 9.49. The highest BCUT2D eigenvalue weighted by Crippen LogP contribution is 2.31. The van der Waals surface area contributed by atoms with Gasteiger partial charge >= 0.3 is 0 Å². The molecule has 0 amide bonds. The van der Waals surface area contributed by atoms with Crippen molar-refractivity contribution in [2.75, 3.05) is 0 Å². The van der Waals surface area contributed by atoms with E-state index < -0.39 is 0 Å². The molecule has 3 rings (SSSR count). The number of rotatable bonds is 1. The molecule has 2 aromatic rings. The molecular weight excluding hydrogens is 295 g/mol. The lowest BCUT2D eigenvalue weighted by Crippen LogP contribution is -1.82. The maximum absolute atomic E-state index is 13.2. The number of benzene rings is 2. The summed E-state index contributed by atoms with van der Waals surface area (Å²) in [5.41, 5.74) is 3.21. The summed E-state index contributed by atoms with van der Waals surface area (Å²) in [7, 11) is 0. The third kappa shape index (κ3) is 2.06. The van der Waals surface area contributed by atoms with Crippen molar-refractivity contribution < 1.29 is 9.13 Å². The van der Waals surface area contributed by atoms with Crippen molar-refractivity contribution in [1.29, 1.82) is 0 Å². The summed E-state index contributed by atoms with van der Waals surface area (Å²) >= 11 is 3.18. The Morgan fingerprint density at radius 1 is 1.17 bits per heavy atom. The Bertz CT molecular complexity index is 634. The minimum atomic E-state index is -0.259. The molecule has 1 heterocycles. The first-order valence-electron chi connectivity index (χ1n) is 5.62. The fraction of sp³-hybridized carbons (Fsp3) is 0.0667. The van der Waals surface area contributed by atoms with Crippen LogP contribution in [-0.2, 0) is 11.3 Å². The number of hydrogen-bond donors (Lipinski definition) is 0.